The summed E-state index contributed by atoms with van der Waals surface area (Å²) < 4.78 is 13.1. The lowest BCUT2D eigenvalue weighted by Crippen LogP contribution is -2.34. The number of hydrogen-bond donors (Lipinski definition) is 2. The minimum Gasteiger partial charge on any atom is -0.477 e. The number of H-pyrrole nitrogens is 1. The molecule has 10 heteroatoms. The van der Waals surface area contributed by atoms with Gasteiger partial charge in [-0.05, 0) is 63.4 Å². The number of aryl methyl sites for hydroxylation is 1. The van der Waals surface area contributed by atoms with E-state index in [2.05, 4.69) is 30.3 Å². The molecule has 1 unspecified atom stereocenters. The number of aromatic amines is 1. The molecule has 31 heavy (non-hydrogen) atoms. The second-order valence-corrected chi connectivity index (χ2v) is 8.76. The summed E-state index contributed by atoms with van der Waals surface area (Å²) in [6, 6.07) is 2.57. The van der Waals surface area contributed by atoms with Gasteiger partial charge >= 0.3 is 6.01 Å². The second-order valence-electron chi connectivity index (χ2n) is 8.76. The number of nitrogens with one attached hydrogen (secondary N) is 1. The van der Waals surface area contributed by atoms with Crippen molar-refractivity contribution in [1.82, 2.24) is 30.1 Å². The summed E-state index contributed by atoms with van der Waals surface area (Å²) in [6.45, 7) is 6.23. The molecule has 10 nitrogen and oxygen atoms in total. The van der Waals surface area contributed by atoms with Gasteiger partial charge in [0.05, 0.1) is 18.5 Å². The third-order valence-corrected chi connectivity index (χ3v) is 6.56. The maximum atomic E-state index is 9.57. The Kier molecular flexibility index (Phi) is 5.39. The van der Waals surface area contributed by atoms with Crippen LogP contribution in [-0.2, 0) is 0 Å². The Morgan fingerprint density at radius 1 is 1.35 bits per heavy atom. The van der Waals surface area contributed by atoms with E-state index >= 15 is 0 Å². The zero-order chi connectivity index (χ0) is 21.4. The van der Waals surface area contributed by atoms with Crippen molar-refractivity contribution in [3.05, 3.63) is 30.0 Å². The van der Waals surface area contributed by atoms with Crippen LogP contribution in [0.1, 0.15) is 50.1 Å². The number of nitrogens with zero attached hydrogens (tertiary/aromatic N) is 6. The lowest BCUT2D eigenvalue weighted by Gasteiger charge is -2.30. The van der Waals surface area contributed by atoms with Crippen LogP contribution in [0.4, 0.5) is 6.01 Å². The third-order valence-electron chi connectivity index (χ3n) is 6.56. The van der Waals surface area contributed by atoms with Crippen molar-refractivity contribution < 1.29 is 14.4 Å². The third kappa shape index (κ3) is 4.30. The molecule has 0 radical (unpaired) electrons. The average Bonchev–Trinajstić information content (AvgIpc) is 3.31. The Morgan fingerprint density at radius 2 is 2.16 bits per heavy atom. The van der Waals surface area contributed by atoms with Crippen LogP contribution in [0.25, 0.3) is 5.69 Å². The zero-order valence-corrected chi connectivity index (χ0v) is 17.9. The van der Waals surface area contributed by atoms with E-state index in [4.69, 9.17) is 9.26 Å². The average molecular weight is 428 g/mol. The largest absolute Gasteiger partial charge is 0.477 e. The molecule has 0 aromatic carbocycles. The maximum Gasteiger partial charge on any atom is 0.324 e. The van der Waals surface area contributed by atoms with Gasteiger partial charge in [0.1, 0.15) is 12.4 Å². The predicted molar refractivity (Wildman–Crippen MR) is 112 cm³/mol. The number of pyridine rings is 1. The van der Waals surface area contributed by atoms with Gasteiger partial charge in [-0.3, -0.25) is 0 Å². The summed E-state index contributed by atoms with van der Waals surface area (Å²) in [4.78, 5) is 10.9. The van der Waals surface area contributed by atoms with Gasteiger partial charge in [0.2, 0.25) is 11.7 Å². The van der Waals surface area contributed by atoms with E-state index in [9.17, 15) is 5.11 Å². The van der Waals surface area contributed by atoms with Gasteiger partial charge in [-0.15, -0.1) is 5.10 Å². The maximum absolute atomic E-state index is 9.57. The standard InChI is InChI=1S/C21H29N7O3/c1-13-9-17(28-12-23-26-28)11-22-20(13)30-8-5-16-10-18(16)15-3-6-27(7-4-15)21-24-19(14(2)29)25-31-21/h9,11-12,14-16,18,26,29H,3-8,10H2,1-2H3/t14?,16-,18-/m1/s1. The van der Waals surface area contributed by atoms with Gasteiger partial charge in [0.15, 0.2) is 0 Å². The summed E-state index contributed by atoms with van der Waals surface area (Å²) >= 11 is 0. The van der Waals surface area contributed by atoms with Gasteiger partial charge in [0.25, 0.3) is 0 Å². The molecule has 3 atom stereocenters. The van der Waals surface area contributed by atoms with Crippen molar-refractivity contribution in [2.75, 3.05) is 24.6 Å². The molecular weight excluding hydrogens is 398 g/mol. The highest BCUT2D eigenvalue weighted by atomic mass is 16.5. The van der Waals surface area contributed by atoms with Crippen LogP contribution in [0.2, 0.25) is 0 Å². The Bertz CT molecular complexity index is 993. The van der Waals surface area contributed by atoms with Crippen LogP contribution < -0.4 is 9.64 Å². The number of piperidine rings is 1. The highest BCUT2D eigenvalue weighted by Crippen LogP contribution is 2.50. The first-order valence-electron chi connectivity index (χ1n) is 11.0. The Labute approximate surface area is 180 Å². The molecule has 1 saturated carbocycles. The van der Waals surface area contributed by atoms with Crippen molar-refractivity contribution >= 4 is 6.01 Å². The molecule has 0 bridgehead atoms. The zero-order valence-electron chi connectivity index (χ0n) is 17.9. The molecule has 2 fully saturated rings. The van der Waals surface area contributed by atoms with Crippen LogP contribution in [0.3, 0.4) is 0 Å². The van der Waals surface area contributed by atoms with E-state index in [1.807, 2.05) is 17.7 Å². The monoisotopic (exact) mass is 427 g/mol. The number of rotatable bonds is 8. The van der Waals surface area contributed by atoms with Gasteiger partial charge in [-0.1, -0.05) is 5.16 Å². The molecule has 5 rings (SSSR count). The molecule has 1 saturated heterocycles. The lowest BCUT2D eigenvalue weighted by atomic mass is 9.90. The first-order chi connectivity index (χ1) is 15.1. The fourth-order valence-corrected chi connectivity index (χ4v) is 4.60. The Hall–Kier alpha value is -2.88. The van der Waals surface area contributed by atoms with Crippen LogP contribution in [0.5, 0.6) is 5.88 Å². The fraction of sp³-hybridized carbons (Fsp3) is 0.619. The number of hydrogen-bond acceptors (Lipinski definition) is 8. The summed E-state index contributed by atoms with van der Waals surface area (Å²) in [6.07, 6.45) is 7.47. The number of ether oxygens (including phenoxy) is 1. The van der Waals surface area contributed by atoms with Gasteiger partial charge < -0.3 is 19.3 Å². The van der Waals surface area contributed by atoms with E-state index in [0.29, 0.717) is 24.3 Å². The molecule has 3 aromatic heterocycles. The van der Waals surface area contributed by atoms with Crippen LogP contribution >= 0.6 is 0 Å². The molecule has 3 aromatic rings. The van der Waals surface area contributed by atoms with Crippen molar-refractivity contribution in [2.24, 2.45) is 17.8 Å². The number of aliphatic hydroxyl groups excluding tert-OH is 1. The minimum absolute atomic E-state index is 0.352. The van der Waals surface area contributed by atoms with Gasteiger partial charge in [0, 0.05) is 18.7 Å². The molecule has 166 valence electrons. The summed E-state index contributed by atoms with van der Waals surface area (Å²) in [5.74, 6) is 3.37. The number of aromatic nitrogens is 6. The van der Waals surface area contributed by atoms with Gasteiger partial charge in [-0.25, -0.2) is 14.9 Å². The first-order valence-corrected chi connectivity index (χ1v) is 11.0. The molecule has 0 amide bonds. The highest BCUT2D eigenvalue weighted by Gasteiger charge is 2.43. The molecular formula is C21H29N7O3. The molecule has 1 aliphatic heterocycles. The molecule has 2 aliphatic rings. The van der Waals surface area contributed by atoms with E-state index in [-0.39, 0.29) is 0 Å². The van der Waals surface area contributed by atoms with Crippen LogP contribution in [0.15, 0.2) is 23.1 Å². The summed E-state index contributed by atoms with van der Waals surface area (Å²) in [7, 11) is 0. The molecule has 1 aliphatic carbocycles. The van der Waals surface area contributed by atoms with Crippen molar-refractivity contribution in [2.45, 2.75) is 45.6 Å². The minimum atomic E-state index is -0.701. The van der Waals surface area contributed by atoms with E-state index in [1.165, 1.54) is 6.42 Å². The second kappa shape index (κ2) is 8.33. The first kappa shape index (κ1) is 20.0. The molecule has 4 heterocycles. The smallest absolute Gasteiger partial charge is 0.324 e. The summed E-state index contributed by atoms with van der Waals surface area (Å²) in [5, 5.41) is 20.1. The quantitative estimate of drug-likeness (QED) is 0.563. The lowest BCUT2D eigenvalue weighted by molar-refractivity contribution is 0.184. The van der Waals surface area contributed by atoms with E-state index in [0.717, 1.165) is 61.4 Å². The van der Waals surface area contributed by atoms with Crippen molar-refractivity contribution in [3.8, 4) is 11.6 Å². The highest BCUT2D eigenvalue weighted by molar-refractivity contribution is 5.36. The van der Waals surface area contributed by atoms with E-state index in [1.54, 1.807) is 19.4 Å². The van der Waals surface area contributed by atoms with Crippen LogP contribution in [0, 0.1) is 24.7 Å². The predicted octanol–water partition coefficient (Wildman–Crippen LogP) is 2.66. The Balaban J connectivity index is 1.05. The molecule has 2 N–H and O–H groups in total. The molecule has 0 spiro atoms. The number of aliphatic hydroxyl groups is 1. The fourth-order valence-electron chi connectivity index (χ4n) is 4.60. The van der Waals surface area contributed by atoms with Crippen LogP contribution in [-0.4, -0.2) is 54.9 Å². The van der Waals surface area contributed by atoms with Crippen molar-refractivity contribution in [1.29, 1.82) is 0 Å². The summed E-state index contributed by atoms with van der Waals surface area (Å²) in [5.41, 5.74) is 1.98. The SMILES string of the molecule is Cc1cc(-n2cn[nH]2)cnc1OCC[C@@H]1C[C@@H]1C1CCN(c2nc(C(C)O)no2)CC1. The normalized spacial score (nSPS) is 22.6. The van der Waals surface area contributed by atoms with E-state index < -0.39 is 6.10 Å². The topological polar surface area (TPSA) is 118 Å². The Morgan fingerprint density at radius 3 is 2.81 bits per heavy atom. The van der Waals surface area contributed by atoms with Gasteiger partial charge in [-0.2, -0.15) is 4.98 Å². The number of anilines is 1. The van der Waals surface area contributed by atoms with Crippen molar-refractivity contribution in [3.63, 3.8) is 0 Å².